The van der Waals surface area contributed by atoms with Crippen molar-refractivity contribution in [1.82, 2.24) is 15.2 Å². The Morgan fingerprint density at radius 2 is 2.03 bits per heavy atom. The van der Waals surface area contributed by atoms with E-state index in [0.29, 0.717) is 29.5 Å². The standard InChI is InChI=1S/C20H19ClN4O4/c1-3-25-20(28)14-8-6-5-7-13(14)17(24-25)19(27)23-22-11-12-9-15(21)18(26)16(10-12)29-4-2/h5-11,26H,3-4H2,1-2H3,(H,23,27)/b22-11+. The van der Waals surface area contributed by atoms with Crippen molar-refractivity contribution in [3.05, 3.63) is 63.0 Å². The molecule has 0 aliphatic rings. The normalized spacial score (nSPS) is 11.1. The summed E-state index contributed by atoms with van der Waals surface area (Å²) in [5.74, 6) is -0.503. The third-order valence-electron chi connectivity index (χ3n) is 4.11. The number of aromatic nitrogens is 2. The number of phenols is 1. The highest BCUT2D eigenvalue weighted by atomic mass is 35.5. The molecule has 8 nitrogen and oxygen atoms in total. The number of halogens is 1. The van der Waals surface area contributed by atoms with E-state index in [4.69, 9.17) is 16.3 Å². The average Bonchev–Trinajstić information content (AvgIpc) is 2.72. The number of hydrogen-bond donors (Lipinski definition) is 2. The van der Waals surface area contributed by atoms with Crippen molar-refractivity contribution in [3.63, 3.8) is 0 Å². The molecule has 0 fully saturated rings. The molecule has 1 heterocycles. The molecule has 1 amide bonds. The van der Waals surface area contributed by atoms with Gasteiger partial charge in [0.1, 0.15) is 0 Å². The van der Waals surface area contributed by atoms with Crippen molar-refractivity contribution in [1.29, 1.82) is 0 Å². The molecule has 0 bridgehead atoms. The number of phenolic OH excluding ortho intramolecular Hbond substituents is 1. The van der Waals surface area contributed by atoms with Crippen LogP contribution in [0.5, 0.6) is 11.5 Å². The van der Waals surface area contributed by atoms with E-state index in [0.717, 1.165) is 0 Å². The first-order chi connectivity index (χ1) is 14.0. The molecule has 3 rings (SSSR count). The number of benzene rings is 2. The number of amides is 1. The molecular formula is C20H19ClN4O4. The Balaban J connectivity index is 1.89. The molecule has 2 N–H and O–H groups in total. The van der Waals surface area contributed by atoms with Crippen LogP contribution < -0.4 is 15.7 Å². The SMILES string of the molecule is CCOc1cc(/C=N/NC(=O)c2nn(CC)c(=O)c3ccccc23)cc(Cl)c1O. The summed E-state index contributed by atoms with van der Waals surface area (Å²) in [6.45, 7) is 4.24. The number of rotatable bonds is 6. The average molecular weight is 415 g/mol. The largest absolute Gasteiger partial charge is 0.503 e. The minimum Gasteiger partial charge on any atom is -0.503 e. The number of fused-ring (bicyclic) bond motifs is 1. The Hall–Kier alpha value is -3.39. The number of aryl methyl sites for hydroxylation is 1. The summed E-state index contributed by atoms with van der Waals surface area (Å²) in [5.41, 5.74) is 2.76. The quantitative estimate of drug-likeness (QED) is 0.476. The van der Waals surface area contributed by atoms with Gasteiger partial charge in [-0.05, 0) is 37.6 Å². The summed E-state index contributed by atoms with van der Waals surface area (Å²) < 4.78 is 6.55. The van der Waals surface area contributed by atoms with E-state index in [2.05, 4.69) is 15.6 Å². The first-order valence-electron chi connectivity index (χ1n) is 8.94. The first kappa shape index (κ1) is 20.3. The van der Waals surface area contributed by atoms with Gasteiger partial charge in [-0.25, -0.2) is 10.1 Å². The second-order valence-corrected chi connectivity index (χ2v) is 6.40. The summed E-state index contributed by atoms with van der Waals surface area (Å²) in [6, 6.07) is 9.81. The van der Waals surface area contributed by atoms with Crippen LogP contribution in [0, 0.1) is 0 Å². The third kappa shape index (κ3) is 4.22. The minimum absolute atomic E-state index is 0.0953. The van der Waals surface area contributed by atoms with Crippen LogP contribution in [0.1, 0.15) is 29.9 Å². The molecule has 2 aromatic carbocycles. The molecule has 0 saturated heterocycles. The van der Waals surface area contributed by atoms with Crippen molar-refractivity contribution in [2.45, 2.75) is 20.4 Å². The van der Waals surface area contributed by atoms with E-state index in [-0.39, 0.29) is 27.8 Å². The Labute approximate surface area is 171 Å². The maximum atomic E-state index is 12.6. The molecule has 150 valence electrons. The Bertz CT molecular complexity index is 1160. The summed E-state index contributed by atoms with van der Waals surface area (Å²) in [6.07, 6.45) is 1.36. The smallest absolute Gasteiger partial charge is 0.292 e. The highest BCUT2D eigenvalue weighted by molar-refractivity contribution is 6.32. The Morgan fingerprint density at radius 1 is 1.31 bits per heavy atom. The number of nitrogens with zero attached hydrogens (tertiary/aromatic N) is 3. The Kier molecular flexibility index (Phi) is 6.13. The number of carbonyl (C=O) groups excluding carboxylic acids is 1. The molecule has 3 aromatic rings. The van der Waals surface area contributed by atoms with Crippen LogP contribution in [-0.4, -0.2) is 33.6 Å². The molecule has 0 aliphatic heterocycles. The summed E-state index contributed by atoms with van der Waals surface area (Å²) in [5, 5.41) is 18.9. The predicted molar refractivity (Wildman–Crippen MR) is 111 cm³/mol. The second-order valence-electron chi connectivity index (χ2n) is 6.00. The molecule has 0 aliphatic carbocycles. The van der Waals surface area contributed by atoms with Crippen LogP contribution >= 0.6 is 11.6 Å². The fourth-order valence-corrected chi connectivity index (χ4v) is 2.99. The number of carbonyl (C=O) groups is 1. The number of aromatic hydroxyl groups is 1. The first-order valence-corrected chi connectivity index (χ1v) is 9.32. The fraction of sp³-hybridized carbons (Fsp3) is 0.200. The van der Waals surface area contributed by atoms with Crippen LogP contribution in [0.25, 0.3) is 10.8 Å². The van der Waals surface area contributed by atoms with Crippen molar-refractivity contribution in [3.8, 4) is 11.5 Å². The van der Waals surface area contributed by atoms with E-state index in [9.17, 15) is 14.7 Å². The molecule has 0 atom stereocenters. The molecule has 29 heavy (non-hydrogen) atoms. The van der Waals surface area contributed by atoms with Crippen molar-refractivity contribution >= 4 is 34.5 Å². The van der Waals surface area contributed by atoms with Gasteiger partial charge in [0, 0.05) is 11.9 Å². The maximum absolute atomic E-state index is 12.6. The summed E-state index contributed by atoms with van der Waals surface area (Å²) in [7, 11) is 0. The number of hydrazone groups is 1. The van der Waals surface area contributed by atoms with Gasteiger partial charge in [0.25, 0.3) is 11.5 Å². The predicted octanol–water partition coefficient (Wildman–Crippen LogP) is 2.94. The third-order valence-corrected chi connectivity index (χ3v) is 4.40. The molecule has 0 saturated carbocycles. The topological polar surface area (TPSA) is 106 Å². The molecular weight excluding hydrogens is 396 g/mol. The molecule has 0 radical (unpaired) electrons. The van der Waals surface area contributed by atoms with Crippen molar-refractivity contribution in [2.24, 2.45) is 5.10 Å². The number of hydrogen-bond acceptors (Lipinski definition) is 6. The van der Waals surface area contributed by atoms with E-state index >= 15 is 0 Å². The molecule has 0 unspecified atom stereocenters. The lowest BCUT2D eigenvalue weighted by Gasteiger charge is -2.09. The Morgan fingerprint density at radius 3 is 2.72 bits per heavy atom. The highest BCUT2D eigenvalue weighted by Crippen LogP contribution is 2.34. The zero-order valence-corrected chi connectivity index (χ0v) is 16.6. The summed E-state index contributed by atoms with van der Waals surface area (Å²) in [4.78, 5) is 25.0. The van der Waals surface area contributed by atoms with E-state index in [1.54, 1.807) is 44.2 Å². The van der Waals surface area contributed by atoms with E-state index < -0.39 is 5.91 Å². The van der Waals surface area contributed by atoms with Gasteiger partial charge in [0.05, 0.1) is 23.2 Å². The van der Waals surface area contributed by atoms with Crippen LogP contribution in [0.3, 0.4) is 0 Å². The van der Waals surface area contributed by atoms with Gasteiger partial charge in [-0.15, -0.1) is 0 Å². The monoisotopic (exact) mass is 414 g/mol. The lowest BCUT2D eigenvalue weighted by molar-refractivity contribution is 0.0949. The van der Waals surface area contributed by atoms with Gasteiger partial charge in [-0.1, -0.05) is 29.8 Å². The molecule has 1 aromatic heterocycles. The lowest BCUT2D eigenvalue weighted by atomic mass is 10.1. The van der Waals surface area contributed by atoms with Gasteiger partial charge in [0.2, 0.25) is 0 Å². The second kappa shape index (κ2) is 8.74. The number of nitrogens with one attached hydrogen (secondary N) is 1. The van der Waals surface area contributed by atoms with Crippen molar-refractivity contribution in [2.75, 3.05) is 6.61 Å². The minimum atomic E-state index is -0.561. The zero-order valence-electron chi connectivity index (χ0n) is 15.8. The van der Waals surface area contributed by atoms with E-state index in [1.807, 2.05) is 0 Å². The summed E-state index contributed by atoms with van der Waals surface area (Å²) >= 11 is 5.98. The zero-order chi connectivity index (χ0) is 21.0. The molecule has 9 heteroatoms. The maximum Gasteiger partial charge on any atom is 0.292 e. The fourth-order valence-electron chi connectivity index (χ4n) is 2.77. The number of ether oxygens (including phenoxy) is 1. The van der Waals surface area contributed by atoms with Crippen molar-refractivity contribution < 1.29 is 14.6 Å². The van der Waals surface area contributed by atoms with Crippen LogP contribution in [0.15, 0.2) is 46.3 Å². The van der Waals surface area contributed by atoms with Crippen LogP contribution in [0.4, 0.5) is 0 Å². The highest BCUT2D eigenvalue weighted by Gasteiger charge is 2.16. The van der Waals surface area contributed by atoms with Gasteiger partial charge in [0.15, 0.2) is 17.2 Å². The van der Waals surface area contributed by atoms with Crippen LogP contribution in [0.2, 0.25) is 5.02 Å². The van der Waals surface area contributed by atoms with Gasteiger partial charge < -0.3 is 9.84 Å². The molecule has 0 spiro atoms. The van der Waals surface area contributed by atoms with Gasteiger partial charge in [-0.3, -0.25) is 9.59 Å². The lowest BCUT2D eigenvalue weighted by Crippen LogP contribution is -2.28. The van der Waals surface area contributed by atoms with Gasteiger partial charge in [-0.2, -0.15) is 10.2 Å². The van der Waals surface area contributed by atoms with Crippen LogP contribution in [-0.2, 0) is 6.54 Å². The van der Waals surface area contributed by atoms with E-state index in [1.165, 1.54) is 17.0 Å². The van der Waals surface area contributed by atoms with Gasteiger partial charge >= 0.3 is 0 Å².